The van der Waals surface area contributed by atoms with Crippen molar-refractivity contribution in [1.29, 1.82) is 0 Å². The molecular weight excluding hydrogens is 306 g/mol. The number of carbonyl (C=O) groups is 2. The van der Waals surface area contributed by atoms with Gasteiger partial charge in [0.1, 0.15) is 17.4 Å². The zero-order valence-electron chi connectivity index (χ0n) is 12.5. The van der Waals surface area contributed by atoms with Gasteiger partial charge in [0.15, 0.2) is 0 Å². The third kappa shape index (κ3) is 4.35. The Morgan fingerprint density at radius 1 is 0.913 bits per heavy atom. The monoisotopic (exact) mass is 320 g/mol. The Balaban J connectivity index is 2.27. The third-order valence-electron chi connectivity index (χ3n) is 2.76. The third-order valence-corrected chi connectivity index (χ3v) is 2.76. The van der Waals surface area contributed by atoms with Crippen LogP contribution in [0.4, 0.5) is 8.78 Å². The second kappa shape index (κ2) is 7.00. The fourth-order valence-electron chi connectivity index (χ4n) is 1.87. The minimum absolute atomic E-state index is 0.0167. The molecule has 0 radical (unpaired) electrons. The molecule has 2 aromatic carbocycles. The highest BCUT2D eigenvalue weighted by Crippen LogP contribution is 2.19. The molecule has 120 valence electrons. The lowest BCUT2D eigenvalue weighted by Gasteiger charge is -2.11. The molecule has 0 fully saturated rings. The second-order valence-electron chi connectivity index (χ2n) is 4.99. The first-order chi connectivity index (χ1) is 10.9. The van der Waals surface area contributed by atoms with Crippen molar-refractivity contribution in [3.8, 4) is 5.75 Å². The maximum atomic E-state index is 13.1. The number of benzene rings is 2. The van der Waals surface area contributed by atoms with Crippen molar-refractivity contribution in [2.75, 3.05) is 0 Å². The zero-order chi connectivity index (χ0) is 17.0. The van der Waals surface area contributed by atoms with Gasteiger partial charge in [-0.2, -0.15) is 0 Å². The molecule has 23 heavy (non-hydrogen) atoms. The molecule has 2 aromatic rings. The van der Waals surface area contributed by atoms with Gasteiger partial charge in [-0.05, 0) is 26.0 Å². The highest BCUT2D eigenvalue weighted by atomic mass is 19.1. The number of hydrogen-bond donors (Lipinski definition) is 0. The van der Waals surface area contributed by atoms with Gasteiger partial charge in [0.05, 0.1) is 17.2 Å². The molecule has 0 N–H and O–H groups in total. The van der Waals surface area contributed by atoms with E-state index in [9.17, 15) is 18.4 Å². The van der Waals surface area contributed by atoms with Crippen LogP contribution in [0.15, 0.2) is 42.5 Å². The normalized spacial score (nSPS) is 10.5. The van der Waals surface area contributed by atoms with Crippen LogP contribution in [0.2, 0.25) is 0 Å². The van der Waals surface area contributed by atoms with E-state index in [1.165, 1.54) is 18.2 Å². The number of carbonyl (C=O) groups excluding carboxylic acids is 2. The molecule has 0 bridgehead atoms. The minimum Gasteiger partial charge on any atom is -0.459 e. The molecule has 0 aliphatic carbocycles. The Bertz CT molecular complexity index is 721. The smallest absolute Gasteiger partial charge is 0.344 e. The van der Waals surface area contributed by atoms with Crippen LogP contribution in [0, 0.1) is 11.6 Å². The topological polar surface area (TPSA) is 52.6 Å². The summed E-state index contributed by atoms with van der Waals surface area (Å²) in [7, 11) is 0. The van der Waals surface area contributed by atoms with Crippen molar-refractivity contribution in [3.05, 3.63) is 65.2 Å². The molecule has 0 saturated carbocycles. The van der Waals surface area contributed by atoms with Crippen molar-refractivity contribution in [1.82, 2.24) is 0 Å². The van der Waals surface area contributed by atoms with Crippen molar-refractivity contribution >= 4 is 11.9 Å². The first-order valence-electron chi connectivity index (χ1n) is 6.85. The van der Waals surface area contributed by atoms with E-state index in [-0.39, 0.29) is 23.0 Å². The van der Waals surface area contributed by atoms with Crippen molar-refractivity contribution in [2.24, 2.45) is 0 Å². The van der Waals surface area contributed by atoms with E-state index in [0.29, 0.717) is 6.07 Å². The molecule has 4 nitrogen and oxygen atoms in total. The van der Waals surface area contributed by atoms with Gasteiger partial charge in [-0.1, -0.05) is 12.1 Å². The zero-order valence-corrected chi connectivity index (χ0v) is 12.5. The quantitative estimate of drug-likeness (QED) is 0.636. The molecule has 0 aliphatic heterocycles. The van der Waals surface area contributed by atoms with E-state index in [0.717, 1.165) is 12.1 Å². The number of esters is 2. The molecule has 0 amide bonds. The fourth-order valence-corrected chi connectivity index (χ4v) is 1.87. The number of hydrogen-bond acceptors (Lipinski definition) is 4. The van der Waals surface area contributed by atoms with Crippen molar-refractivity contribution < 1.29 is 27.8 Å². The standard InChI is InChI=1S/C17H14F2O4/c1-10(2)22-16(20)14-5-3-4-6-15(14)17(21)23-13-8-11(18)7-12(19)9-13/h3-10H,1-2H3. The van der Waals surface area contributed by atoms with Crippen LogP contribution >= 0.6 is 0 Å². The van der Waals surface area contributed by atoms with E-state index < -0.39 is 23.6 Å². The molecule has 0 aromatic heterocycles. The first-order valence-corrected chi connectivity index (χ1v) is 6.85. The van der Waals surface area contributed by atoms with E-state index in [2.05, 4.69) is 0 Å². The summed E-state index contributed by atoms with van der Waals surface area (Å²) < 4.78 is 36.2. The van der Waals surface area contributed by atoms with Gasteiger partial charge in [-0.3, -0.25) is 0 Å². The van der Waals surface area contributed by atoms with Crippen LogP contribution in [-0.4, -0.2) is 18.0 Å². The first kappa shape index (κ1) is 16.6. The van der Waals surface area contributed by atoms with Crippen LogP contribution in [0.5, 0.6) is 5.75 Å². The largest absolute Gasteiger partial charge is 0.459 e. The van der Waals surface area contributed by atoms with Crippen molar-refractivity contribution in [2.45, 2.75) is 20.0 Å². The molecule has 2 rings (SSSR count). The Morgan fingerprint density at radius 3 is 1.96 bits per heavy atom. The van der Waals surface area contributed by atoms with Gasteiger partial charge in [0.2, 0.25) is 0 Å². The maximum absolute atomic E-state index is 13.1. The predicted molar refractivity (Wildman–Crippen MR) is 78.3 cm³/mol. The summed E-state index contributed by atoms with van der Waals surface area (Å²) in [5.74, 6) is -3.63. The number of rotatable bonds is 4. The van der Waals surface area contributed by atoms with Gasteiger partial charge >= 0.3 is 11.9 Å². The van der Waals surface area contributed by atoms with Gasteiger partial charge < -0.3 is 9.47 Å². The van der Waals surface area contributed by atoms with Crippen molar-refractivity contribution in [3.63, 3.8) is 0 Å². The molecule has 0 aliphatic rings. The average Bonchev–Trinajstić information content (AvgIpc) is 2.45. The Morgan fingerprint density at radius 2 is 1.43 bits per heavy atom. The highest BCUT2D eigenvalue weighted by molar-refractivity contribution is 6.03. The Labute approximate surface area is 131 Å². The maximum Gasteiger partial charge on any atom is 0.344 e. The van der Waals surface area contributed by atoms with Gasteiger partial charge in [-0.15, -0.1) is 0 Å². The molecule has 0 heterocycles. The van der Waals surface area contributed by atoms with Crippen LogP contribution in [0.3, 0.4) is 0 Å². The van der Waals surface area contributed by atoms with Gasteiger partial charge in [0, 0.05) is 18.2 Å². The van der Waals surface area contributed by atoms with E-state index in [4.69, 9.17) is 9.47 Å². The summed E-state index contributed by atoms with van der Waals surface area (Å²) in [4.78, 5) is 24.2. The lowest BCUT2D eigenvalue weighted by molar-refractivity contribution is 0.0372. The second-order valence-corrected chi connectivity index (χ2v) is 4.99. The minimum atomic E-state index is -0.911. The van der Waals surface area contributed by atoms with Gasteiger partial charge in [-0.25, -0.2) is 18.4 Å². The van der Waals surface area contributed by atoms with E-state index >= 15 is 0 Å². The van der Waals surface area contributed by atoms with Crippen LogP contribution in [-0.2, 0) is 4.74 Å². The number of ether oxygens (including phenoxy) is 2. The molecule has 6 heteroatoms. The van der Waals surface area contributed by atoms with E-state index in [1.54, 1.807) is 19.9 Å². The summed E-state index contributed by atoms with van der Waals surface area (Å²) in [5, 5.41) is 0. The Kier molecular flexibility index (Phi) is 5.05. The molecule has 0 unspecified atom stereocenters. The summed E-state index contributed by atoms with van der Waals surface area (Å²) in [6, 6.07) is 8.28. The van der Waals surface area contributed by atoms with E-state index in [1.807, 2.05) is 0 Å². The van der Waals surface area contributed by atoms with Crippen LogP contribution in [0.25, 0.3) is 0 Å². The molecular formula is C17H14F2O4. The summed E-state index contributed by atoms with van der Waals surface area (Å²) >= 11 is 0. The summed E-state index contributed by atoms with van der Waals surface area (Å²) in [6.45, 7) is 3.35. The summed E-state index contributed by atoms with van der Waals surface area (Å²) in [6.07, 6.45) is -0.358. The molecule has 0 saturated heterocycles. The lowest BCUT2D eigenvalue weighted by atomic mass is 10.1. The number of halogens is 2. The van der Waals surface area contributed by atoms with Crippen LogP contribution < -0.4 is 4.74 Å². The fraction of sp³-hybridized carbons (Fsp3) is 0.176. The molecule has 0 spiro atoms. The SMILES string of the molecule is CC(C)OC(=O)c1ccccc1C(=O)Oc1cc(F)cc(F)c1. The Hall–Kier alpha value is -2.76. The van der Waals surface area contributed by atoms with Gasteiger partial charge in [0.25, 0.3) is 0 Å². The lowest BCUT2D eigenvalue weighted by Crippen LogP contribution is -2.18. The predicted octanol–water partition coefficient (Wildman–Crippen LogP) is 3.75. The summed E-state index contributed by atoms with van der Waals surface area (Å²) in [5.41, 5.74) is -0.0362. The highest BCUT2D eigenvalue weighted by Gasteiger charge is 2.20. The average molecular weight is 320 g/mol. The van der Waals surface area contributed by atoms with Crippen LogP contribution in [0.1, 0.15) is 34.6 Å². The molecule has 0 atom stereocenters.